The minimum absolute atomic E-state index is 0.0230. The fraction of sp³-hybridized carbons (Fsp3) is 0.698. The second kappa shape index (κ2) is 34.3. The average Bonchev–Trinajstić information content (AvgIpc) is 3.33. The fourth-order valence-corrected chi connectivity index (χ4v) is 10.6. The number of oxime groups is 1. The minimum Gasteiger partial charge on any atom is -0.420 e. The van der Waals surface area contributed by atoms with Crippen LogP contribution in [0.5, 0.6) is 5.75 Å². The Hall–Kier alpha value is -5.14. The minimum atomic E-state index is -2.36. The first-order valence-electron chi connectivity index (χ1n) is 28.2. The van der Waals surface area contributed by atoms with Gasteiger partial charge in [-0.2, -0.15) is 20.0 Å². The summed E-state index contributed by atoms with van der Waals surface area (Å²) in [6.07, 6.45) is 8.77. The molecule has 0 bridgehead atoms. The smallest absolute Gasteiger partial charge is 0.420 e. The molecule has 464 valence electrons. The lowest BCUT2D eigenvalue weighted by Crippen LogP contribution is -2.64. The van der Waals surface area contributed by atoms with Gasteiger partial charge in [-0.3, -0.25) is 9.59 Å². The standard InChI is InChI=1S/C53H73ClF3N10O16P/c54-52-59-50(43-30-58-67(51(43)60-52)47-5-4-42(82-47)33-80-37-84(70)71)65-35-53(36-65)7-1-8-64(34-53)46(68)27-38-2-3-40(26-38)62-81-25-24-78-21-20-76-18-19-77-22-23-79-32-41-31-66(63-61-41)9-11-73-13-15-75-17-16-74-14-12-72-10-6-48(69)83-49-44(56)28-39(55)29-45(49)57/h28-31,38,42,47H,1-27,32-37H2/p+1/b62-40+. The van der Waals surface area contributed by atoms with Crippen LogP contribution in [0, 0.1) is 28.8 Å². The van der Waals surface area contributed by atoms with E-state index in [4.69, 9.17) is 68.7 Å². The number of piperidine rings is 1. The van der Waals surface area contributed by atoms with Crippen LogP contribution in [0.3, 0.4) is 0 Å². The Bertz CT molecular complexity index is 2730. The SMILES string of the molecule is O=C(CCOCCOCCOCCOCCn1cc(COCCOCCOCCOCCO/N=C2\CCC(CC(=O)N3CCCC4(C3)CN(c3nc(Cl)nc5c3cnn5C3CCC(COC[P+](=O)O)O3)C4)C2)nn1)Oc1c(F)cc(F)cc1F. The molecular weight excluding hydrogens is 1160 g/mol. The topological polar surface area (TPSA) is 275 Å². The number of carbonyl (C=O) groups excluding carboxylic acids is 2. The average molecular weight is 1230 g/mol. The van der Waals surface area contributed by atoms with E-state index in [0.29, 0.717) is 148 Å². The van der Waals surface area contributed by atoms with Crippen molar-refractivity contribution in [2.24, 2.45) is 16.5 Å². The number of rotatable bonds is 39. The number of aromatic nitrogens is 7. The van der Waals surface area contributed by atoms with Crippen molar-refractivity contribution in [2.45, 2.75) is 83.3 Å². The highest BCUT2D eigenvalue weighted by molar-refractivity contribution is 7.37. The van der Waals surface area contributed by atoms with Crippen LogP contribution in [-0.4, -0.2) is 213 Å². The molecule has 4 unspecified atom stereocenters. The highest BCUT2D eigenvalue weighted by atomic mass is 35.5. The first kappa shape index (κ1) is 64.8. The quantitative estimate of drug-likeness (QED) is 0.0150. The molecule has 4 aliphatic rings. The summed E-state index contributed by atoms with van der Waals surface area (Å²) in [7, 11) is -2.36. The van der Waals surface area contributed by atoms with Crippen molar-refractivity contribution in [2.75, 3.05) is 150 Å². The van der Waals surface area contributed by atoms with Gasteiger partial charge >= 0.3 is 14.0 Å². The van der Waals surface area contributed by atoms with Gasteiger partial charge in [-0.1, -0.05) is 10.4 Å². The Morgan fingerprint density at radius 1 is 0.810 bits per heavy atom. The Kier molecular flexibility index (Phi) is 26.5. The van der Waals surface area contributed by atoms with E-state index in [1.165, 1.54) is 0 Å². The summed E-state index contributed by atoms with van der Waals surface area (Å²) in [6.45, 7) is 9.32. The molecule has 1 aromatic carbocycles. The molecule has 1 spiro atoms. The molecule has 0 radical (unpaired) electrons. The van der Waals surface area contributed by atoms with Gasteiger partial charge in [-0.05, 0) is 67.0 Å². The number of anilines is 1. The third kappa shape index (κ3) is 20.8. The van der Waals surface area contributed by atoms with Crippen LogP contribution in [0.1, 0.15) is 69.7 Å². The lowest BCUT2D eigenvalue weighted by Gasteiger charge is -2.55. The number of likely N-dealkylation sites (tertiary alicyclic amines) is 1. The van der Waals surface area contributed by atoms with E-state index >= 15 is 0 Å². The van der Waals surface area contributed by atoms with Crippen molar-refractivity contribution in [3.63, 3.8) is 0 Å². The summed E-state index contributed by atoms with van der Waals surface area (Å²) in [4.78, 5) is 53.3. The molecule has 3 aromatic heterocycles. The number of halogens is 4. The van der Waals surface area contributed by atoms with Crippen molar-refractivity contribution >= 4 is 54.1 Å². The molecule has 8 rings (SSSR count). The van der Waals surface area contributed by atoms with Gasteiger partial charge in [0.2, 0.25) is 16.9 Å². The van der Waals surface area contributed by atoms with E-state index in [9.17, 15) is 27.3 Å². The third-order valence-electron chi connectivity index (χ3n) is 14.1. The Labute approximate surface area is 489 Å². The third-order valence-corrected chi connectivity index (χ3v) is 14.7. The van der Waals surface area contributed by atoms with Crippen LogP contribution in [0.4, 0.5) is 19.0 Å². The lowest BCUT2D eigenvalue weighted by atomic mass is 9.73. The number of nitrogens with zero attached hydrogens (tertiary/aromatic N) is 10. The van der Waals surface area contributed by atoms with E-state index < -0.39 is 37.2 Å². The van der Waals surface area contributed by atoms with Crippen molar-refractivity contribution < 1.29 is 89.2 Å². The molecule has 1 amide bonds. The van der Waals surface area contributed by atoms with Gasteiger partial charge in [-0.15, -0.1) is 5.10 Å². The lowest BCUT2D eigenvalue weighted by molar-refractivity contribution is -0.137. The number of amides is 1. The summed E-state index contributed by atoms with van der Waals surface area (Å²) in [5.74, 6) is -4.48. The molecule has 3 saturated heterocycles. The zero-order chi connectivity index (χ0) is 58.9. The summed E-state index contributed by atoms with van der Waals surface area (Å²) in [5.41, 5.74) is 2.21. The maximum absolute atomic E-state index is 13.6. The largest absolute Gasteiger partial charge is 0.534 e. The van der Waals surface area contributed by atoms with Crippen LogP contribution >= 0.6 is 19.6 Å². The molecule has 1 N–H and O–H groups in total. The van der Waals surface area contributed by atoms with E-state index in [0.717, 1.165) is 68.7 Å². The van der Waals surface area contributed by atoms with Crippen LogP contribution in [0.2, 0.25) is 5.28 Å². The molecule has 31 heteroatoms. The van der Waals surface area contributed by atoms with Crippen molar-refractivity contribution in [1.29, 1.82) is 0 Å². The van der Waals surface area contributed by atoms with E-state index in [-0.39, 0.29) is 74.1 Å². The summed E-state index contributed by atoms with van der Waals surface area (Å²) < 4.78 is 115. The summed E-state index contributed by atoms with van der Waals surface area (Å²) in [6, 6.07) is 0.844. The molecule has 4 aromatic rings. The predicted molar refractivity (Wildman–Crippen MR) is 292 cm³/mol. The van der Waals surface area contributed by atoms with Gasteiger partial charge in [0.25, 0.3) is 6.35 Å². The molecule has 4 atom stereocenters. The predicted octanol–water partition coefficient (Wildman–Crippen LogP) is 5.20. The second-order valence-corrected chi connectivity index (χ2v) is 21.9. The number of hydrogen-bond donors (Lipinski definition) is 1. The first-order chi connectivity index (χ1) is 40.9. The van der Waals surface area contributed by atoms with Crippen molar-refractivity contribution in [1.82, 2.24) is 39.6 Å². The van der Waals surface area contributed by atoms with Crippen molar-refractivity contribution in [3.8, 4) is 5.75 Å². The highest BCUT2D eigenvalue weighted by Crippen LogP contribution is 2.44. The van der Waals surface area contributed by atoms with Gasteiger partial charge in [0.1, 0.15) is 23.9 Å². The summed E-state index contributed by atoms with van der Waals surface area (Å²) >= 11 is 6.47. The van der Waals surface area contributed by atoms with E-state index in [2.05, 4.69) is 40.2 Å². The first-order valence-corrected chi connectivity index (χ1v) is 30.0. The van der Waals surface area contributed by atoms with E-state index in [1.54, 1.807) is 21.8 Å². The number of benzene rings is 1. The number of esters is 1. The number of carbonyl (C=O) groups is 2. The van der Waals surface area contributed by atoms with Gasteiger partial charge in [0.15, 0.2) is 23.5 Å². The van der Waals surface area contributed by atoms with Crippen LogP contribution < -0.4 is 9.64 Å². The highest BCUT2D eigenvalue weighted by Gasteiger charge is 2.48. The zero-order valence-corrected chi connectivity index (χ0v) is 48.5. The molecule has 84 heavy (non-hydrogen) atoms. The van der Waals surface area contributed by atoms with Crippen LogP contribution in [0.25, 0.3) is 11.0 Å². The van der Waals surface area contributed by atoms with Crippen LogP contribution in [-0.2, 0) is 79.5 Å². The second-order valence-electron chi connectivity index (χ2n) is 20.6. The van der Waals surface area contributed by atoms with Crippen LogP contribution in [0.15, 0.2) is 29.7 Å². The zero-order valence-electron chi connectivity index (χ0n) is 46.9. The van der Waals surface area contributed by atoms with E-state index in [1.807, 2.05) is 4.90 Å². The van der Waals surface area contributed by atoms with Gasteiger partial charge in [-0.25, -0.2) is 22.5 Å². The maximum Gasteiger partial charge on any atom is 0.534 e. The monoisotopic (exact) mass is 1230 g/mol. The van der Waals surface area contributed by atoms with Gasteiger partial charge in [0, 0.05) is 50.1 Å². The maximum atomic E-state index is 13.6. The normalized spacial score (nSPS) is 19.3. The number of ether oxygens (including phenoxy) is 11. The molecular formula is C53H74ClF3N10O16P+. The Morgan fingerprint density at radius 2 is 1.46 bits per heavy atom. The van der Waals surface area contributed by atoms with Crippen molar-refractivity contribution in [3.05, 3.63) is 53.0 Å². The Balaban J connectivity index is 0.563. The molecule has 3 aliphatic heterocycles. The number of hydrogen-bond acceptors (Lipinski definition) is 22. The van der Waals surface area contributed by atoms with Gasteiger partial charge in [0.05, 0.1) is 155 Å². The molecule has 1 saturated carbocycles. The number of fused-ring (bicyclic) bond motifs is 1. The summed E-state index contributed by atoms with van der Waals surface area (Å²) in [5, 5.41) is 18.1. The molecule has 6 heterocycles. The molecule has 1 aliphatic carbocycles. The fourth-order valence-electron chi connectivity index (χ4n) is 10.2. The molecule has 4 fully saturated rings. The van der Waals surface area contributed by atoms with Gasteiger partial charge < -0.3 is 66.7 Å². The Morgan fingerprint density at radius 3 is 2.15 bits per heavy atom. The molecule has 26 nitrogen and oxygen atoms in total.